The van der Waals surface area contributed by atoms with Crippen molar-refractivity contribution in [2.75, 3.05) is 18.4 Å². The van der Waals surface area contributed by atoms with Gasteiger partial charge in [-0.25, -0.2) is 14.2 Å². The average Bonchev–Trinajstić information content (AvgIpc) is 3.37. The van der Waals surface area contributed by atoms with Crippen molar-refractivity contribution in [2.24, 2.45) is 0 Å². The number of anilines is 1. The predicted molar refractivity (Wildman–Crippen MR) is 130 cm³/mol. The van der Waals surface area contributed by atoms with E-state index in [-0.39, 0.29) is 17.5 Å². The van der Waals surface area contributed by atoms with Gasteiger partial charge in [0.05, 0.1) is 5.69 Å². The molecule has 1 fully saturated rings. The Labute approximate surface area is 201 Å². The Morgan fingerprint density at radius 2 is 1.86 bits per heavy atom. The van der Waals surface area contributed by atoms with Crippen molar-refractivity contribution in [1.29, 1.82) is 0 Å². The topological polar surface area (TPSA) is 91.6 Å². The first-order valence-electron chi connectivity index (χ1n) is 11.5. The van der Waals surface area contributed by atoms with Gasteiger partial charge < -0.3 is 19.9 Å². The van der Waals surface area contributed by atoms with Crippen molar-refractivity contribution < 1.29 is 14.0 Å². The largest absolute Gasteiger partial charge is 0.337 e. The lowest BCUT2D eigenvalue weighted by Crippen LogP contribution is -2.38. The van der Waals surface area contributed by atoms with Gasteiger partial charge in [-0.1, -0.05) is 12.1 Å². The third-order valence-electron chi connectivity index (χ3n) is 6.29. The van der Waals surface area contributed by atoms with E-state index in [0.717, 1.165) is 29.6 Å². The molecule has 5 rings (SSSR count). The molecule has 0 radical (unpaired) electrons. The second kappa shape index (κ2) is 9.92. The monoisotopic (exact) mass is 472 g/mol. The molecule has 1 aromatic carbocycles. The van der Waals surface area contributed by atoms with Gasteiger partial charge in [0.1, 0.15) is 17.2 Å². The van der Waals surface area contributed by atoms with E-state index in [2.05, 4.69) is 20.6 Å². The number of piperidine rings is 1. The van der Waals surface area contributed by atoms with Crippen LogP contribution in [0.5, 0.6) is 0 Å². The van der Waals surface area contributed by atoms with Crippen LogP contribution in [0, 0.1) is 5.82 Å². The number of nitrogens with one attached hydrogen (secondary N) is 2. The van der Waals surface area contributed by atoms with Crippen LogP contribution in [0.1, 0.15) is 40.4 Å². The van der Waals surface area contributed by atoms with E-state index >= 15 is 0 Å². The quantitative estimate of drug-likeness (QED) is 0.455. The number of pyridine rings is 2. The molecule has 4 heterocycles. The summed E-state index contributed by atoms with van der Waals surface area (Å²) in [5, 5.41) is 5.32. The van der Waals surface area contributed by atoms with Gasteiger partial charge in [-0.3, -0.25) is 9.78 Å². The van der Waals surface area contributed by atoms with E-state index in [4.69, 9.17) is 0 Å². The lowest BCUT2D eigenvalue weighted by Gasteiger charge is -2.32. The molecule has 0 atom stereocenters. The van der Waals surface area contributed by atoms with Crippen LogP contribution in [0.4, 0.5) is 14.9 Å². The molecule has 4 aromatic rings. The number of rotatable bonds is 5. The molecule has 9 heteroatoms. The number of urea groups is 1. The molecule has 3 aromatic heterocycles. The lowest BCUT2D eigenvalue weighted by atomic mass is 9.89. The summed E-state index contributed by atoms with van der Waals surface area (Å²) in [6, 6.07) is 13.5. The van der Waals surface area contributed by atoms with E-state index in [1.807, 2.05) is 35.0 Å². The van der Waals surface area contributed by atoms with Gasteiger partial charge in [0.2, 0.25) is 0 Å². The predicted octanol–water partition coefficient (Wildman–Crippen LogP) is 4.21. The summed E-state index contributed by atoms with van der Waals surface area (Å²) >= 11 is 0. The van der Waals surface area contributed by atoms with E-state index < -0.39 is 11.8 Å². The van der Waals surface area contributed by atoms with Crippen molar-refractivity contribution in [2.45, 2.75) is 25.3 Å². The number of hydrogen-bond donors (Lipinski definition) is 2. The highest BCUT2D eigenvalue weighted by atomic mass is 19.1. The fourth-order valence-electron chi connectivity index (χ4n) is 4.37. The highest BCUT2D eigenvalue weighted by Crippen LogP contribution is 2.30. The molecule has 0 saturated carbocycles. The van der Waals surface area contributed by atoms with Crippen molar-refractivity contribution in [3.8, 4) is 0 Å². The van der Waals surface area contributed by atoms with Crippen LogP contribution < -0.4 is 10.6 Å². The van der Waals surface area contributed by atoms with Crippen LogP contribution in [-0.2, 0) is 6.54 Å². The van der Waals surface area contributed by atoms with Gasteiger partial charge >= 0.3 is 6.03 Å². The lowest BCUT2D eigenvalue weighted by molar-refractivity contribution is 0.0707. The summed E-state index contributed by atoms with van der Waals surface area (Å²) in [7, 11) is 0. The van der Waals surface area contributed by atoms with Crippen molar-refractivity contribution >= 4 is 23.3 Å². The molecule has 178 valence electrons. The second-order valence-electron chi connectivity index (χ2n) is 8.56. The maximum absolute atomic E-state index is 14.8. The smallest absolute Gasteiger partial charge is 0.319 e. The number of amides is 3. The number of carbonyl (C=O) groups excluding carboxylic acids is 2. The molecule has 1 aliphatic rings. The van der Waals surface area contributed by atoms with Gasteiger partial charge in [0.15, 0.2) is 0 Å². The van der Waals surface area contributed by atoms with Gasteiger partial charge in [0.25, 0.3) is 5.91 Å². The first-order valence-corrected chi connectivity index (χ1v) is 11.5. The molecule has 0 aliphatic carbocycles. The number of imidazole rings is 1. The maximum atomic E-state index is 14.8. The minimum atomic E-state index is -0.485. The van der Waals surface area contributed by atoms with Crippen LogP contribution in [0.25, 0.3) is 5.65 Å². The number of benzene rings is 1. The second-order valence-corrected chi connectivity index (χ2v) is 8.56. The number of aromatic nitrogens is 3. The number of fused-ring (bicyclic) bond motifs is 1. The number of hydrogen-bond acceptors (Lipinski definition) is 4. The minimum absolute atomic E-state index is 0.0782. The highest BCUT2D eigenvalue weighted by Gasteiger charge is 2.25. The summed E-state index contributed by atoms with van der Waals surface area (Å²) in [6.45, 7) is 1.48. The van der Waals surface area contributed by atoms with Crippen LogP contribution in [-0.4, -0.2) is 44.3 Å². The van der Waals surface area contributed by atoms with E-state index in [1.165, 1.54) is 6.07 Å². The Kier molecular flexibility index (Phi) is 6.38. The Morgan fingerprint density at radius 3 is 2.63 bits per heavy atom. The average molecular weight is 473 g/mol. The number of nitrogens with zero attached hydrogens (tertiary/aromatic N) is 4. The molecule has 1 aliphatic heterocycles. The molecule has 0 spiro atoms. The Morgan fingerprint density at radius 1 is 1.00 bits per heavy atom. The zero-order valence-corrected chi connectivity index (χ0v) is 19.0. The molecular formula is C26H25FN6O2. The van der Waals surface area contributed by atoms with Crippen molar-refractivity contribution in [3.63, 3.8) is 0 Å². The van der Waals surface area contributed by atoms with Crippen LogP contribution in [0.2, 0.25) is 0 Å². The molecule has 3 amide bonds. The third-order valence-corrected chi connectivity index (χ3v) is 6.29. The first-order chi connectivity index (χ1) is 17.1. The molecular weight excluding hydrogens is 447 g/mol. The van der Waals surface area contributed by atoms with E-state index in [0.29, 0.717) is 25.3 Å². The van der Waals surface area contributed by atoms with Crippen molar-refractivity contribution in [3.05, 3.63) is 96.0 Å². The zero-order valence-electron chi connectivity index (χ0n) is 19.0. The summed E-state index contributed by atoms with van der Waals surface area (Å²) < 4.78 is 16.6. The molecule has 0 bridgehead atoms. The maximum Gasteiger partial charge on any atom is 0.319 e. The van der Waals surface area contributed by atoms with Gasteiger partial charge in [-0.2, -0.15) is 0 Å². The Bertz CT molecular complexity index is 1350. The molecule has 0 unspecified atom stereocenters. The van der Waals surface area contributed by atoms with Gasteiger partial charge in [-0.15, -0.1) is 0 Å². The van der Waals surface area contributed by atoms with Crippen LogP contribution in [0.3, 0.4) is 0 Å². The molecule has 35 heavy (non-hydrogen) atoms. The van der Waals surface area contributed by atoms with Gasteiger partial charge in [0, 0.05) is 44.4 Å². The fourth-order valence-corrected chi connectivity index (χ4v) is 4.37. The Balaban J connectivity index is 1.14. The molecule has 8 nitrogen and oxygen atoms in total. The summed E-state index contributed by atoms with van der Waals surface area (Å²) in [5.41, 5.74) is 3.11. The molecule has 1 saturated heterocycles. The summed E-state index contributed by atoms with van der Waals surface area (Å²) in [4.78, 5) is 35.0. The van der Waals surface area contributed by atoms with E-state index in [9.17, 15) is 14.0 Å². The normalized spacial score (nSPS) is 14.1. The number of halogens is 1. The molecule has 2 N–H and O–H groups in total. The fraction of sp³-hybridized carbons (Fsp3) is 0.231. The zero-order chi connectivity index (χ0) is 24.2. The minimum Gasteiger partial charge on any atom is -0.337 e. The standard InChI is InChI=1S/C26H25FN6O2/c27-21-16-20(19-7-12-33(13-8-19)25(34)23-3-1-2-9-28-23)4-5-22(21)31-26(35)30-17-18-6-11-32-14-10-29-24(32)15-18/h1-6,9-11,14-16,19H,7-8,12-13,17H2,(H2,30,31,35). The first kappa shape index (κ1) is 22.5. The highest BCUT2D eigenvalue weighted by molar-refractivity contribution is 5.92. The SMILES string of the molecule is O=C(NCc1ccn2ccnc2c1)Nc1ccc(C2CCN(C(=O)c3ccccn3)CC2)cc1F. The summed E-state index contributed by atoms with van der Waals surface area (Å²) in [5.74, 6) is -0.410. The Hall–Kier alpha value is -4.27. The summed E-state index contributed by atoms with van der Waals surface area (Å²) in [6.07, 6.45) is 8.51. The third kappa shape index (κ3) is 5.13. The van der Waals surface area contributed by atoms with Crippen LogP contribution >= 0.6 is 0 Å². The number of likely N-dealkylation sites (tertiary alicyclic amines) is 1. The van der Waals surface area contributed by atoms with Gasteiger partial charge in [-0.05, 0) is 66.3 Å². The number of carbonyl (C=O) groups is 2. The van der Waals surface area contributed by atoms with Crippen LogP contribution in [0.15, 0.2) is 73.3 Å². The van der Waals surface area contributed by atoms with Crippen molar-refractivity contribution in [1.82, 2.24) is 24.6 Å². The van der Waals surface area contributed by atoms with E-state index in [1.54, 1.807) is 41.6 Å².